The van der Waals surface area contributed by atoms with Crippen LogP contribution in [0.25, 0.3) is 11.5 Å². The molecule has 0 aliphatic carbocycles. The Hall–Kier alpha value is -3.05. The lowest BCUT2D eigenvalue weighted by molar-refractivity contribution is -0.577. The summed E-state index contributed by atoms with van der Waals surface area (Å²) in [4.78, 5) is 0.297. The Morgan fingerprint density at radius 1 is 0.935 bits per heavy atom. The third-order valence-electron chi connectivity index (χ3n) is 5.25. The molecule has 0 unspecified atom stereocenters. The largest absolute Gasteiger partial charge is 0.867 e. The highest BCUT2D eigenvalue weighted by molar-refractivity contribution is 7.81. The summed E-state index contributed by atoms with van der Waals surface area (Å²) in [6.45, 7) is 10.5. The highest BCUT2D eigenvalue weighted by Crippen LogP contribution is 2.22. The van der Waals surface area contributed by atoms with E-state index in [0.29, 0.717) is 16.2 Å². The molecule has 3 nitrogen and oxygen atoms in total. The van der Waals surface area contributed by atoms with E-state index < -0.39 is 5.82 Å². The molecule has 31 heavy (non-hydrogen) atoms. The number of nitrogens with one attached hydrogen (secondary N) is 1. The zero-order chi connectivity index (χ0) is 22.8. The number of hydrogen-bond donors (Lipinski definition) is 1. The molecule has 0 saturated carbocycles. The number of benzene rings is 2. The number of rotatable bonds is 4. The number of anilines is 1. The highest BCUT2D eigenvalue weighted by Gasteiger charge is 2.21. The van der Waals surface area contributed by atoms with E-state index in [1.54, 1.807) is 4.57 Å². The summed E-state index contributed by atoms with van der Waals surface area (Å²) >= 11 is 5.66. The van der Waals surface area contributed by atoms with E-state index in [2.05, 4.69) is 26.1 Å². The second-order valence-corrected chi connectivity index (χ2v) is 9.09. The lowest BCUT2D eigenvalue weighted by Gasteiger charge is -2.19. The Labute approximate surface area is 188 Å². The Kier molecular flexibility index (Phi) is 6.56. The van der Waals surface area contributed by atoms with Gasteiger partial charge in [0.1, 0.15) is 5.82 Å². The molecule has 0 bridgehead atoms. The molecule has 1 N–H and O–H groups in total. The molecule has 0 radical (unpaired) electrons. The summed E-state index contributed by atoms with van der Waals surface area (Å²) in [5.41, 5.74) is 4.91. The van der Waals surface area contributed by atoms with Crippen LogP contribution in [0.3, 0.4) is 0 Å². The molecule has 0 atom stereocenters. The maximum Gasteiger partial charge on any atom is 0.238 e. The minimum atomic E-state index is -0.392. The molecule has 0 fully saturated rings. The van der Waals surface area contributed by atoms with E-state index in [9.17, 15) is 9.50 Å². The summed E-state index contributed by atoms with van der Waals surface area (Å²) in [7, 11) is 0. The van der Waals surface area contributed by atoms with E-state index in [4.69, 9.17) is 12.2 Å². The maximum atomic E-state index is 13.4. The Balaban J connectivity index is 2.07. The van der Waals surface area contributed by atoms with Gasteiger partial charge in [0.15, 0.2) is 17.4 Å². The number of hydrogen-bond acceptors (Lipinski definition) is 2. The number of nitrogens with zero attached hydrogens (tertiary/aromatic N) is 1. The maximum absolute atomic E-state index is 13.4. The molecule has 2 aromatic carbocycles. The molecular formula is C26H27FN2OS. The summed E-state index contributed by atoms with van der Waals surface area (Å²) in [6.07, 6.45) is 3.68. The van der Waals surface area contributed by atoms with Crippen LogP contribution < -0.4 is 15.0 Å². The molecule has 5 heteroatoms. The van der Waals surface area contributed by atoms with Gasteiger partial charge in [0.2, 0.25) is 5.70 Å². The van der Waals surface area contributed by atoms with Crippen LogP contribution in [0.1, 0.15) is 43.0 Å². The molecule has 3 aromatic rings. The van der Waals surface area contributed by atoms with Crippen LogP contribution in [0.4, 0.5) is 10.1 Å². The summed E-state index contributed by atoms with van der Waals surface area (Å²) < 4.78 is 15.1. The molecule has 0 saturated heterocycles. The third-order valence-corrected chi connectivity index (χ3v) is 5.55. The predicted molar refractivity (Wildman–Crippen MR) is 127 cm³/mol. The molecule has 0 amide bonds. The van der Waals surface area contributed by atoms with Gasteiger partial charge in [-0.2, -0.15) is 4.57 Å². The predicted octanol–water partition coefficient (Wildman–Crippen LogP) is 5.15. The van der Waals surface area contributed by atoms with Gasteiger partial charge < -0.3 is 10.4 Å². The SMILES string of the molecule is Cc1ccc(NC(=S)/C(=C(\[O-])c2ccc(F)cc2)[n+]2ccc(C(C)(C)C)cc2)cc1C. The quantitative estimate of drug-likeness (QED) is 0.267. The lowest BCUT2D eigenvalue weighted by Crippen LogP contribution is -2.40. The van der Waals surface area contributed by atoms with Crippen molar-refractivity contribution in [3.8, 4) is 0 Å². The molecule has 1 heterocycles. The van der Waals surface area contributed by atoms with Gasteiger partial charge in [-0.05, 0) is 71.5 Å². The fourth-order valence-electron chi connectivity index (χ4n) is 3.16. The van der Waals surface area contributed by atoms with Crippen molar-refractivity contribution >= 4 is 34.3 Å². The van der Waals surface area contributed by atoms with Gasteiger partial charge in [-0.3, -0.25) is 0 Å². The molecule has 1 aromatic heterocycles. The molecule has 0 spiro atoms. The minimum Gasteiger partial charge on any atom is -0.867 e. The van der Waals surface area contributed by atoms with Crippen molar-refractivity contribution in [1.82, 2.24) is 0 Å². The van der Waals surface area contributed by atoms with Crippen molar-refractivity contribution in [3.05, 3.63) is 95.1 Å². The molecule has 0 aliphatic rings. The molecule has 3 rings (SSSR count). The van der Waals surface area contributed by atoms with Gasteiger partial charge in [-0.25, -0.2) is 4.39 Å². The Morgan fingerprint density at radius 2 is 1.55 bits per heavy atom. The zero-order valence-electron chi connectivity index (χ0n) is 18.5. The summed E-state index contributed by atoms with van der Waals surface area (Å²) in [5.74, 6) is -0.675. The first kappa shape index (κ1) is 22.6. The minimum absolute atomic E-state index is 0.0155. The van der Waals surface area contributed by atoms with Crippen LogP contribution in [0.5, 0.6) is 0 Å². The first-order chi connectivity index (χ1) is 14.6. The van der Waals surface area contributed by atoms with E-state index in [-0.39, 0.29) is 11.2 Å². The summed E-state index contributed by atoms with van der Waals surface area (Å²) in [6, 6.07) is 15.4. The van der Waals surface area contributed by atoms with Crippen LogP contribution in [0, 0.1) is 19.7 Å². The lowest BCUT2D eigenvalue weighted by atomic mass is 9.88. The normalized spacial score (nSPS) is 12.3. The number of aromatic nitrogens is 1. The van der Waals surface area contributed by atoms with E-state index in [0.717, 1.165) is 16.8 Å². The third kappa shape index (κ3) is 5.36. The standard InChI is InChI=1S/C26H27FN2OS/c1-17-6-11-22(16-18(17)2)28-25(31)23(24(30)19-7-9-21(27)10-8-19)29-14-12-20(13-15-29)26(3,4)5/h6-16H,1-5H3,(H-,28,30,31). The van der Waals surface area contributed by atoms with Crippen molar-refractivity contribution in [2.24, 2.45) is 0 Å². The second kappa shape index (κ2) is 8.98. The summed E-state index contributed by atoms with van der Waals surface area (Å²) in [5, 5.41) is 16.6. The number of thiocarbonyl (C=S) groups is 1. The van der Waals surface area contributed by atoms with Crippen molar-refractivity contribution in [3.63, 3.8) is 0 Å². The molecular weight excluding hydrogens is 407 g/mol. The van der Waals surface area contributed by atoms with E-state index in [1.807, 2.05) is 56.6 Å². The number of halogens is 1. The van der Waals surface area contributed by atoms with Gasteiger partial charge in [0.25, 0.3) is 0 Å². The van der Waals surface area contributed by atoms with Crippen molar-refractivity contribution in [1.29, 1.82) is 0 Å². The fourth-order valence-corrected chi connectivity index (χ4v) is 3.48. The van der Waals surface area contributed by atoms with Crippen LogP contribution in [-0.2, 0) is 5.41 Å². The zero-order valence-corrected chi connectivity index (χ0v) is 19.3. The van der Waals surface area contributed by atoms with Gasteiger partial charge >= 0.3 is 0 Å². The highest BCUT2D eigenvalue weighted by atomic mass is 32.1. The number of pyridine rings is 1. The number of aryl methyl sites for hydroxylation is 2. The second-order valence-electron chi connectivity index (χ2n) is 8.68. The molecule has 0 aliphatic heterocycles. The van der Waals surface area contributed by atoms with Gasteiger partial charge in [-0.1, -0.05) is 51.2 Å². The van der Waals surface area contributed by atoms with Crippen LogP contribution in [0.15, 0.2) is 67.0 Å². The van der Waals surface area contributed by atoms with Gasteiger partial charge in [0, 0.05) is 17.8 Å². The van der Waals surface area contributed by atoms with E-state index >= 15 is 0 Å². The van der Waals surface area contributed by atoms with Crippen LogP contribution in [0.2, 0.25) is 0 Å². The first-order valence-electron chi connectivity index (χ1n) is 10.1. The monoisotopic (exact) mass is 434 g/mol. The van der Waals surface area contributed by atoms with Crippen LogP contribution in [-0.4, -0.2) is 4.99 Å². The van der Waals surface area contributed by atoms with Crippen molar-refractivity contribution < 1.29 is 14.1 Å². The van der Waals surface area contributed by atoms with Crippen molar-refractivity contribution in [2.75, 3.05) is 5.32 Å². The smallest absolute Gasteiger partial charge is 0.238 e. The topological polar surface area (TPSA) is 39.0 Å². The average Bonchev–Trinajstić information content (AvgIpc) is 2.71. The molecule has 160 valence electrons. The van der Waals surface area contributed by atoms with Crippen molar-refractivity contribution in [2.45, 2.75) is 40.0 Å². The van der Waals surface area contributed by atoms with Gasteiger partial charge in [-0.15, -0.1) is 0 Å². The van der Waals surface area contributed by atoms with Gasteiger partial charge in [0.05, 0.1) is 0 Å². The fraction of sp³-hybridized carbons (Fsp3) is 0.231. The average molecular weight is 435 g/mol. The van der Waals surface area contributed by atoms with E-state index in [1.165, 1.54) is 29.8 Å². The first-order valence-corrected chi connectivity index (χ1v) is 10.5. The Bertz CT molecular complexity index is 1130. The van der Waals surface area contributed by atoms with Crippen LogP contribution >= 0.6 is 12.2 Å². The Morgan fingerprint density at radius 3 is 2.10 bits per heavy atom.